The van der Waals surface area contributed by atoms with E-state index in [1.165, 1.54) is 19.1 Å². The van der Waals surface area contributed by atoms with Crippen LogP contribution in [-0.4, -0.2) is 105 Å². The van der Waals surface area contributed by atoms with Crippen LogP contribution < -0.4 is 37.6 Å². The molecule has 0 saturated carbocycles. The van der Waals surface area contributed by atoms with Gasteiger partial charge in [-0.3, -0.25) is 38.4 Å². The standard InChI is InChI=1S/C37H51N7O11/c1-19(2)30(36(54)39-18-29(48)49)44-37(55)31(20(3)4)43-35(53)27(17-28(46)47)42-34(52)26(16-22-9-7-6-8-10-22)41-32(50)21(5)40-33(51)25(38)15-23-11-13-24(45)14-12-23/h6-14,19-21,25-27,30-31,45H,15-18,38H2,1-5H3,(H,39,54)(H,40,51)(H,41,50)(H,42,52)(H,43,53)(H,44,55)(H,46,47)(H,48,49)/t21-,25+,26+,27+,30+,31+/m1/s1. The van der Waals surface area contributed by atoms with E-state index in [2.05, 4.69) is 31.9 Å². The molecule has 0 aliphatic heterocycles. The zero-order valence-electron chi connectivity index (χ0n) is 31.3. The van der Waals surface area contributed by atoms with Gasteiger partial charge in [-0.15, -0.1) is 0 Å². The highest BCUT2D eigenvalue weighted by molar-refractivity contribution is 5.98. The normalized spacial score (nSPS) is 14.3. The lowest BCUT2D eigenvalue weighted by atomic mass is 9.99. The van der Waals surface area contributed by atoms with E-state index in [1.807, 2.05) is 0 Å². The molecule has 2 aromatic carbocycles. The van der Waals surface area contributed by atoms with Crippen LogP contribution in [0.4, 0.5) is 0 Å². The summed E-state index contributed by atoms with van der Waals surface area (Å²) in [6, 6.07) is 6.71. The van der Waals surface area contributed by atoms with Crippen LogP contribution in [0.15, 0.2) is 54.6 Å². The Labute approximate surface area is 318 Å². The van der Waals surface area contributed by atoms with Crippen molar-refractivity contribution in [3.63, 3.8) is 0 Å². The van der Waals surface area contributed by atoms with E-state index in [9.17, 15) is 48.6 Å². The Bertz CT molecular complexity index is 1670. The van der Waals surface area contributed by atoms with Crippen molar-refractivity contribution in [1.82, 2.24) is 31.9 Å². The molecule has 6 amide bonds. The maximum absolute atomic E-state index is 13.7. The first-order chi connectivity index (χ1) is 25.8. The van der Waals surface area contributed by atoms with Gasteiger partial charge in [0.25, 0.3) is 0 Å². The molecule has 0 aromatic heterocycles. The molecule has 0 spiro atoms. The highest BCUT2D eigenvalue weighted by Gasteiger charge is 2.35. The summed E-state index contributed by atoms with van der Waals surface area (Å²) in [5.74, 6) is -8.85. The lowest BCUT2D eigenvalue weighted by molar-refractivity contribution is -0.141. The second-order valence-corrected chi connectivity index (χ2v) is 13.7. The average Bonchev–Trinajstić information content (AvgIpc) is 3.11. The first-order valence-corrected chi connectivity index (χ1v) is 17.6. The summed E-state index contributed by atoms with van der Waals surface area (Å²) >= 11 is 0. The van der Waals surface area contributed by atoms with E-state index >= 15 is 0 Å². The molecule has 2 aromatic rings. The molecule has 0 saturated heterocycles. The number of carboxylic acid groups (broad SMARTS) is 2. The number of hydrogen-bond acceptors (Lipinski definition) is 10. The van der Waals surface area contributed by atoms with Gasteiger partial charge in [-0.05, 0) is 48.4 Å². The Kier molecular flexibility index (Phi) is 17.7. The minimum Gasteiger partial charge on any atom is -0.508 e. The first-order valence-electron chi connectivity index (χ1n) is 17.6. The second-order valence-electron chi connectivity index (χ2n) is 13.7. The summed E-state index contributed by atoms with van der Waals surface area (Å²) in [6.45, 7) is 7.07. The van der Waals surface area contributed by atoms with E-state index in [0.29, 0.717) is 11.1 Å². The van der Waals surface area contributed by atoms with Gasteiger partial charge in [-0.25, -0.2) is 0 Å². The summed E-state index contributed by atoms with van der Waals surface area (Å²) < 4.78 is 0. The number of phenolic OH excluding ortho intramolecular Hbond substituents is 1. The molecule has 0 aliphatic carbocycles. The number of amides is 6. The Balaban J connectivity index is 2.23. The molecule has 0 bridgehead atoms. The van der Waals surface area contributed by atoms with Crippen LogP contribution in [0.25, 0.3) is 0 Å². The van der Waals surface area contributed by atoms with Crippen molar-refractivity contribution in [3.8, 4) is 5.75 Å². The van der Waals surface area contributed by atoms with Gasteiger partial charge in [0.2, 0.25) is 35.4 Å². The van der Waals surface area contributed by atoms with Gasteiger partial charge in [-0.1, -0.05) is 70.2 Å². The largest absolute Gasteiger partial charge is 0.508 e. The number of aromatic hydroxyl groups is 1. The van der Waals surface area contributed by atoms with Gasteiger partial charge in [0, 0.05) is 6.42 Å². The van der Waals surface area contributed by atoms with E-state index in [4.69, 9.17) is 10.8 Å². The minimum absolute atomic E-state index is 0.0398. The van der Waals surface area contributed by atoms with Gasteiger partial charge in [0.1, 0.15) is 42.5 Å². The van der Waals surface area contributed by atoms with Crippen molar-refractivity contribution >= 4 is 47.4 Å². The number of phenols is 1. The van der Waals surface area contributed by atoms with Gasteiger partial charge in [-0.2, -0.15) is 0 Å². The topological polar surface area (TPSA) is 295 Å². The number of carbonyl (C=O) groups is 8. The minimum atomic E-state index is -1.73. The third-order valence-electron chi connectivity index (χ3n) is 8.32. The number of rotatable bonds is 21. The Morgan fingerprint density at radius 1 is 0.564 bits per heavy atom. The molecule has 18 nitrogen and oxygen atoms in total. The summed E-state index contributed by atoms with van der Waals surface area (Å²) in [6.07, 6.45) is -0.904. The quantitative estimate of drug-likeness (QED) is 0.0727. The number of hydrogen-bond donors (Lipinski definition) is 10. The van der Waals surface area contributed by atoms with Crippen molar-refractivity contribution in [2.75, 3.05) is 6.54 Å². The third-order valence-corrected chi connectivity index (χ3v) is 8.32. The molecule has 18 heteroatoms. The fraction of sp³-hybridized carbons (Fsp3) is 0.459. The smallest absolute Gasteiger partial charge is 0.322 e. The van der Waals surface area contributed by atoms with Gasteiger partial charge < -0.3 is 53.0 Å². The predicted octanol–water partition coefficient (Wildman–Crippen LogP) is -1.06. The number of nitrogens with two attached hydrogens (primary N) is 1. The van der Waals surface area contributed by atoms with Crippen molar-refractivity contribution in [1.29, 1.82) is 0 Å². The summed E-state index contributed by atoms with van der Waals surface area (Å²) in [4.78, 5) is 102. The van der Waals surface area contributed by atoms with Crippen LogP contribution in [0.5, 0.6) is 5.75 Å². The van der Waals surface area contributed by atoms with E-state index in [1.54, 1.807) is 70.2 Å². The van der Waals surface area contributed by atoms with Crippen molar-refractivity contribution < 1.29 is 53.7 Å². The summed E-state index contributed by atoms with van der Waals surface area (Å²) in [5.41, 5.74) is 7.30. The molecule has 11 N–H and O–H groups in total. The lowest BCUT2D eigenvalue weighted by Gasteiger charge is -2.29. The van der Waals surface area contributed by atoms with Gasteiger partial charge in [0.15, 0.2) is 0 Å². The van der Waals surface area contributed by atoms with Crippen LogP contribution in [0.1, 0.15) is 52.2 Å². The zero-order valence-corrected chi connectivity index (χ0v) is 31.3. The zero-order chi connectivity index (χ0) is 41.4. The maximum Gasteiger partial charge on any atom is 0.322 e. The number of carboxylic acids is 2. The summed E-state index contributed by atoms with van der Waals surface area (Å²) in [5, 5.41) is 42.6. The van der Waals surface area contributed by atoms with Crippen molar-refractivity contribution in [2.45, 2.75) is 90.1 Å². The van der Waals surface area contributed by atoms with Crippen LogP contribution in [0.2, 0.25) is 0 Å². The maximum atomic E-state index is 13.7. The fourth-order valence-corrected chi connectivity index (χ4v) is 5.22. The molecule has 0 heterocycles. The number of nitrogens with one attached hydrogen (secondary N) is 6. The molecule has 0 aliphatic rings. The molecule has 2 rings (SSSR count). The van der Waals surface area contributed by atoms with Crippen LogP contribution in [0.3, 0.4) is 0 Å². The van der Waals surface area contributed by atoms with Crippen molar-refractivity contribution in [2.24, 2.45) is 17.6 Å². The molecular formula is C37H51N7O11. The Morgan fingerprint density at radius 2 is 1.07 bits per heavy atom. The molecule has 55 heavy (non-hydrogen) atoms. The van der Waals surface area contributed by atoms with Gasteiger partial charge >= 0.3 is 11.9 Å². The Hall–Kier alpha value is -6.04. The van der Waals surface area contributed by atoms with Gasteiger partial charge in [0.05, 0.1) is 12.5 Å². The van der Waals surface area contributed by atoms with E-state index < -0.39 is 108 Å². The summed E-state index contributed by atoms with van der Waals surface area (Å²) in [7, 11) is 0. The monoisotopic (exact) mass is 769 g/mol. The van der Waals surface area contributed by atoms with Crippen LogP contribution in [-0.2, 0) is 51.2 Å². The molecule has 0 unspecified atom stereocenters. The second kappa shape index (κ2) is 21.6. The first kappa shape index (κ1) is 45.1. The molecule has 0 fully saturated rings. The van der Waals surface area contributed by atoms with E-state index in [0.717, 1.165) is 0 Å². The average molecular weight is 770 g/mol. The number of aliphatic carboxylic acids is 2. The molecule has 300 valence electrons. The molecule has 0 radical (unpaired) electrons. The highest BCUT2D eigenvalue weighted by Crippen LogP contribution is 2.12. The van der Waals surface area contributed by atoms with E-state index in [-0.39, 0.29) is 18.6 Å². The van der Waals surface area contributed by atoms with Crippen LogP contribution in [0, 0.1) is 11.8 Å². The third kappa shape index (κ3) is 15.5. The Morgan fingerprint density at radius 3 is 1.62 bits per heavy atom. The predicted molar refractivity (Wildman–Crippen MR) is 198 cm³/mol. The number of benzene rings is 2. The number of carbonyl (C=O) groups excluding carboxylic acids is 6. The fourth-order valence-electron chi connectivity index (χ4n) is 5.22. The van der Waals surface area contributed by atoms with Crippen molar-refractivity contribution in [3.05, 3.63) is 65.7 Å². The highest BCUT2D eigenvalue weighted by atomic mass is 16.4. The molecular weight excluding hydrogens is 718 g/mol. The lowest BCUT2D eigenvalue weighted by Crippen LogP contribution is -2.61. The molecule has 6 atom stereocenters. The van der Waals surface area contributed by atoms with Crippen LogP contribution >= 0.6 is 0 Å². The SMILES string of the molecule is CC(C)[C@H](NC(=O)[C@H](CC(=O)O)NC(=O)[C@H](Cc1ccccc1)NC(=O)[C@@H](C)NC(=O)[C@@H](N)Cc1ccc(O)cc1)C(=O)N[C@H](C(=O)NCC(=O)O)C(C)C.